The molecule has 0 saturated carbocycles. The summed E-state index contributed by atoms with van der Waals surface area (Å²) in [5, 5.41) is 9.20. The van der Waals surface area contributed by atoms with Gasteiger partial charge in [0.25, 0.3) is 0 Å². The Hall–Kier alpha value is -1.23. The Bertz CT molecular complexity index is 452. The Morgan fingerprint density at radius 3 is 2.53 bits per heavy atom. The van der Waals surface area contributed by atoms with Crippen molar-refractivity contribution in [3.05, 3.63) is 35.4 Å². The van der Waals surface area contributed by atoms with Crippen LogP contribution in [0.3, 0.4) is 0 Å². The zero-order valence-corrected chi connectivity index (χ0v) is 11.1. The first kappa shape index (κ1) is 12.2. The molecule has 1 atom stereocenters. The molecule has 17 heavy (non-hydrogen) atoms. The van der Waals surface area contributed by atoms with Crippen LogP contribution in [0.5, 0.6) is 0 Å². The van der Waals surface area contributed by atoms with Crippen LogP contribution in [0.1, 0.15) is 51.1 Å². The van der Waals surface area contributed by atoms with Crippen molar-refractivity contribution >= 4 is 7.28 Å². The maximum Gasteiger partial charge on any atom is 0.127 e. The van der Waals surface area contributed by atoms with Gasteiger partial charge in [0.15, 0.2) is 0 Å². The van der Waals surface area contributed by atoms with E-state index in [9.17, 15) is 0 Å². The average molecular weight is 224 g/mol. The van der Waals surface area contributed by atoms with Crippen LogP contribution < -0.4 is 0 Å². The highest BCUT2D eigenvalue weighted by Crippen LogP contribution is 2.57. The van der Waals surface area contributed by atoms with E-state index in [0.717, 1.165) is 12.0 Å². The normalized spacial score (nSPS) is 25.0. The highest BCUT2D eigenvalue weighted by Gasteiger charge is 2.47. The zero-order chi connectivity index (χ0) is 12.7. The molecule has 1 aromatic carbocycles. The number of hydrogen-bond donors (Lipinski definition) is 0. The first-order valence-electron chi connectivity index (χ1n) is 6.22. The molecular weight excluding hydrogens is 205 g/mol. The monoisotopic (exact) mass is 224 g/mol. The molecule has 1 radical (unpaired) electrons. The lowest BCUT2D eigenvalue weighted by Crippen LogP contribution is -2.23. The van der Waals surface area contributed by atoms with E-state index in [2.05, 4.69) is 47.1 Å². The van der Waals surface area contributed by atoms with Crippen LogP contribution in [0.15, 0.2) is 24.3 Å². The molecule has 0 aromatic heterocycles. The third-order valence-electron chi connectivity index (χ3n) is 4.54. The molecule has 1 aliphatic heterocycles. The summed E-state index contributed by atoms with van der Waals surface area (Å²) in [6.07, 6.45) is 1.16. The summed E-state index contributed by atoms with van der Waals surface area (Å²) in [6, 6.07) is 10.2. The third-order valence-corrected chi connectivity index (χ3v) is 4.54. The second-order valence-electron chi connectivity index (χ2n) is 6.32. The molecule has 1 aliphatic rings. The molecule has 0 aliphatic carbocycles. The summed E-state index contributed by atoms with van der Waals surface area (Å²) >= 11 is 0. The molecule has 1 aromatic rings. The highest BCUT2D eigenvalue weighted by atomic mass is 14.4. The first-order valence-corrected chi connectivity index (χ1v) is 6.22. The fourth-order valence-electron chi connectivity index (χ4n) is 2.65. The van der Waals surface area contributed by atoms with Crippen molar-refractivity contribution in [2.45, 2.75) is 45.2 Å². The van der Waals surface area contributed by atoms with Gasteiger partial charge in [-0.2, -0.15) is 5.26 Å². The van der Waals surface area contributed by atoms with E-state index < -0.39 is 0 Å². The van der Waals surface area contributed by atoms with Gasteiger partial charge in [0.05, 0.1) is 11.6 Å². The fraction of sp³-hybridized carbons (Fsp3) is 0.533. The van der Waals surface area contributed by atoms with Gasteiger partial charge in [-0.1, -0.05) is 50.7 Å². The maximum absolute atomic E-state index is 8.95. The van der Waals surface area contributed by atoms with Gasteiger partial charge in [-0.05, 0) is 29.8 Å². The van der Waals surface area contributed by atoms with Crippen molar-refractivity contribution in [2.24, 2.45) is 5.41 Å². The van der Waals surface area contributed by atoms with Crippen molar-refractivity contribution in [3.8, 4) is 6.07 Å². The number of nitriles is 1. The molecule has 1 unspecified atom stereocenters. The minimum atomic E-state index is 0.250. The van der Waals surface area contributed by atoms with E-state index in [4.69, 9.17) is 5.26 Å². The molecule has 1 fully saturated rings. The lowest BCUT2D eigenvalue weighted by atomic mass is 9.47. The van der Waals surface area contributed by atoms with Crippen LogP contribution in [0.4, 0.5) is 0 Å². The Labute approximate surface area is 105 Å². The third kappa shape index (κ3) is 2.11. The van der Waals surface area contributed by atoms with Crippen molar-refractivity contribution in [1.82, 2.24) is 0 Å². The SMILES string of the molecule is CC1(C)[B]C(c2cccc(C#N)c2)CC1(C)C. The average Bonchev–Trinajstić information content (AvgIpc) is 2.48. The summed E-state index contributed by atoms with van der Waals surface area (Å²) in [6.45, 7) is 9.28. The summed E-state index contributed by atoms with van der Waals surface area (Å²) in [5.41, 5.74) is 2.36. The lowest BCUT2D eigenvalue weighted by molar-refractivity contribution is 0.272. The predicted molar refractivity (Wildman–Crippen MR) is 72.1 cm³/mol. The van der Waals surface area contributed by atoms with Gasteiger partial charge in [-0.3, -0.25) is 0 Å². The van der Waals surface area contributed by atoms with E-state index in [1.54, 1.807) is 0 Å². The molecule has 0 bridgehead atoms. The molecule has 0 spiro atoms. The van der Waals surface area contributed by atoms with Crippen LogP contribution in [-0.4, -0.2) is 7.28 Å². The smallest absolute Gasteiger partial charge is 0.127 e. The van der Waals surface area contributed by atoms with Crippen molar-refractivity contribution in [1.29, 1.82) is 5.26 Å². The van der Waals surface area contributed by atoms with Gasteiger partial charge >= 0.3 is 0 Å². The van der Waals surface area contributed by atoms with E-state index in [-0.39, 0.29) is 5.31 Å². The van der Waals surface area contributed by atoms with E-state index in [1.165, 1.54) is 5.56 Å². The van der Waals surface area contributed by atoms with Gasteiger partial charge < -0.3 is 0 Å². The molecular formula is C15H19BN. The van der Waals surface area contributed by atoms with Crippen molar-refractivity contribution < 1.29 is 0 Å². The van der Waals surface area contributed by atoms with Gasteiger partial charge in [-0.25, -0.2) is 0 Å². The van der Waals surface area contributed by atoms with E-state index in [1.807, 2.05) is 18.2 Å². The molecule has 1 heterocycles. The van der Waals surface area contributed by atoms with Gasteiger partial charge in [0.1, 0.15) is 7.28 Å². The van der Waals surface area contributed by atoms with Crippen LogP contribution in [0.2, 0.25) is 5.31 Å². The number of rotatable bonds is 1. The molecule has 0 amide bonds. The van der Waals surface area contributed by atoms with Crippen LogP contribution in [-0.2, 0) is 0 Å². The number of nitrogens with zero attached hydrogens (tertiary/aromatic N) is 1. The summed E-state index contributed by atoms with van der Waals surface area (Å²) in [7, 11) is 2.45. The number of benzene rings is 1. The molecule has 87 valence electrons. The van der Waals surface area contributed by atoms with Crippen molar-refractivity contribution in [3.63, 3.8) is 0 Å². The van der Waals surface area contributed by atoms with Gasteiger partial charge in [-0.15, -0.1) is 0 Å². The number of hydrogen-bond acceptors (Lipinski definition) is 1. The van der Waals surface area contributed by atoms with Crippen LogP contribution >= 0.6 is 0 Å². The van der Waals surface area contributed by atoms with Crippen LogP contribution in [0.25, 0.3) is 0 Å². The van der Waals surface area contributed by atoms with E-state index >= 15 is 0 Å². The Morgan fingerprint density at radius 1 is 1.29 bits per heavy atom. The summed E-state index contributed by atoms with van der Waals surface area (Å²) in [5.74, 6) is 0.480. The largest absolute Gasteiger partial charge is 0.192 e. The van der Waals surface area contributed by atoms with E-state index in [0.29, 0.717) is 11.2 Å². The fourth-order valence-corrected chi connectivity index (χ4v) is 2.65. The molecule has 1 saturated heterocycles. The quantitative estimate of drug-likeness (QED) is 0.663. The Morgan fingerprint density at radius 2 is 2.00 bits per heavy atom. The first-order chi connectivity index (χ1) is 7.86. The highest BCUT2D eigenvalue weighted by molar-refractivity contribution is 6.43. The predicted octanol–water partition coefficient (Wildman–Crippen LogP) is 3.93. The lowest BCUT2D eigenvalue weighted by Gasteiger charge is -2.34. The standard InChI is InChI=1S/C15H19BN/c1-14(2)9-13(16-15(14,3)4)12-7-5-6-11(8-12)10-17/h5-8,13H,9H2,1-4H3. The second kappa shape index (κ2) is 3.91. The summed E-state index contributed by atoms with van der Waals surface area (Å²) in [4.78, 5) is 0. The van der Waals surface area contributed by atoms with Crippen LogP contribution in [0, 0.1) is 16.7 Å². The topological polar surface area (TPSA) is 23.8 Å². The van der Waals surface area contributed by atoms with Gasteiger partial charge in [0.2, 0.25) is 0 Å². The minimum absolute atomic E-state index is 0.250. The Kier molecular flexibility index (Phi) is 2.82. The zero-order valence-electron chi connectivity index (χ0n) is 11.1. The maximum atomic E-state index is 8.95. The van der Waals surface area contributed by atoms with Crippen molar-refractivity contribution in [2.75, 3.05) is 0 Å². The molecule has 1 nitrogen and oxygen atoms in total. The molecule has 2 heteroatoms. The molecule has 2 rings (SSSR count). The second-order valence-corrected chi connectivity index (χ2v) is 6.32. The Balaban J connectivity index is 2.29. The minimum Gasteiger partial charge on any atom is -0.192 e. The molecule has 0 N–H and O–H groups in total. The van der Waals surface area contributed by atoms with Gasteiger partial charge in [0, 0.05) is 0 Å². The summed E-state index contributed by atoms with van der Waals surface area (Å²) < 4.78 is 0.